The van der Waals surface area contributed by atoms with Gasteiger partial charge in [-0.05, 0) is 49.8 Å². The summed E-state index contributed by atoms with van der Waals surface area (Å²) in [6.45, 7) is 2.53. The first-order valence-corrected chi connectivity index (χ1v) is 11.0. The number of thiazole rings is 1. The highest BCUT2D eigenvalue weighted by Gasteiger charge is 2.30. The molecule has 2 heterocycles. The van der Waals surface area contributed by atoms with Gasteiger partial charge < -0.3 is 5.32 Å². The van der Waals surface area contributed by atoms with Crippen molar-refractivity contribution in [2.45, 2.75) is 38.6 Å². The first-order valence-electron chi connectivity index (χ1n) is 9.28. The van der Waals surface area contributed by atoms with Crippen LogP contribution in [0.5, 0.6) is 0 Å². The number of hydrogen-bond acceptors (Lipinski definition) is 5. The summed E-state index contributed by atoms with van der Waals surface area (Å²) in [7, 11) is 0. The van der Waals surface area contributed by atoms with E-state index in [2.05, 4.69) is 15.6 Å². The van der Waals surface area contributed by atoms with Crippen LogP contribution in [0, 0.1) is 6.92 Å². The summed E-state index contributed by atoms with van der Waals surface area (Å²) in [5.41, 5.74) is 2.53. The molecule has 0 bridgehead atoms. The van der Waals surface area contributed by atoms with Crippen LogP contribution in [-0.4, -0.2) is 16.8 Å². The van der Waals surface area contributed by atoms with Crippen LogP contribution < -0.4 is 10.6 Å². The number of amides is 2. The molecule has 0 saturated carbocycles. The lowest BCUT2D eigenvalue weighted by atomic mass is 9.90. The van der Waals surface area contributed by atoms with Crippen molar-refractivity contribution >= 4 is 39.6 Å². The molecule has 7 heteroatoms. The number of thiophene rings is 1. The molecule has 1 unspecified atom stereocenters. The molecule has 2 aromatic heterocycles. The third kappa shape index (κ3) is 4.15. The van der Waals surface area contributed by atoms with Crippen molar-refractivity contribution in [1.29, 1.82) is 0 Å². The van der Waals surface area contributed by atoms with Crippen molar-refractivity contribution in [2.75, 3.05) is 5.32 Å². The summed E-state index contributed by atoms with van der Waals surface area (Å²) < 4.78 is 0. The lowest BCUT2D eigenvalue weighted by Gasteiger charge is -2.20. The van der Waals surface area contributed by atoms with Crippen molar-refractivity contribution in [3.05, 3.63) is 68.4 Å². The van der Waals surface area contributed by atoms with Gasteiger partial charge in [-0.1, -0.05) is 23.8 Å². The van der Waals surface area contributed by atoms with E-state index in [9.17, 15) is 9.59 Å². The van der Waals surface area contributed by atoms with Gasteiger partial charge in [-0.2, -0.15) is 0 Å². The molecule has 0 fully saturated rings. The van der Waals surface area contributed by atoms with E-state index >= 15 is 0 Å². The van der Waals surface area contributed by atoms with Crippen LogP contribution in [0.25, 0.3) is 0 Å². The van der Waals surface area contributed by atoms with Crippen LogP contribution in [0.4, 0.5) is 5.13 Å². The minimum Gasteiger partial charge on any atom is -0.351 e. The van der Waals surface area contributed by atoms with Crippen molar-refractivity contribution in [3.8, 4) is 0 Å². The summed E-state index contributed by atoms with van der Waals surface area (Å²) in [5, 5.41) is 8.48. The molecule has 28 heavy (non-hydrogen) atoms. The van der Waals surface area contributed by atoms with Gasteiger partial charge in [0.2, 0.25) is 5.91 Å². The molecule has 4 rings (SSSR count). The summed E-state index contributed by atoms with van der Waals surface area (Å²) in [6, 6.07) is 11.4. The molecule has 1 aromatic carbocycles. The average molecular weight is 412 g/mol. The Morgan fingerprint density at radius 2 is 2.04 bits per heavy atom. The van der Waals surface area contributed by atoms with E-state index in [1.165, 1.54) is 11.3 Å². The van der Waals surface area contributed by atoms with Gasteiger partial charge in [-0.15, -0.1) is 22.7 Å². The lowest BCUT2D eigenvalue weighted by molar-refractivity contribution is -0.123. The fourth-order valence-corrected chi connectivity index (χ4v) is 5.02. The Morgan fingerprint density at radius 1 is 1.21 bits per heavy atom. The lowest BCUT2D eigenvalue weighted by Crippen LogP contribution is -2.30. The molecule has 2 N–H and O–H groups in total. The fourth-order valence-electron chi connectivity index (χ4n) is 3.31. The highest BCUT2D eigenvalue weighted by atomic mass is 32.1. The number of aromatic nitrogens is 1. The average Bonchev–Trinajstić information content (AvgIpc) is 3.35. The quantitative estimate of drug-likeness (QED) is 0.649. The van der Waals surface area contributed by atoms with Crippen LogP contribution in [0.2, 0.25) is 0 Å². The van der Waals surface area contributed by atoms with E-state index in [1.54, 1.807) is 23.5 Å². The zero-order valence-electron chi connectivity index (χ0n) is 15.5. The Labute approximate surface area is 171 Å². The van der Waals surface area contributed by atoms with Crippen LogP contribution in [0.3, 0.4) is 0 Å². The minimum atomic E-state index is -0.245. The Bertz CT molecular complexity index is 978. The van der Waals surface area contributed by atoms with Crippen molar-refractivity contribution in [1.82, 2.24) is 10.3 Å². The van der Waals surface area contributed by atoms with E-state index in [-0.39, 0.29) is 17.7 Å². The van der Waals surface area contributed by atoms with E-state index in [1.807, 2.05) is 36.6 Å². The number of aryl methyl sites for hydroxylation is 2. The summed E-state index contributed by atoms with van der Waals surface area (Å²) >= 11 is 3.11. The first kappa shape index (κ1) is 18.8. The van der Waals surface area contributed by atoms with Crippen molar-refractivity contribution < 1.29 is 9.59 Å². The molecule has 0 aliphatic heterocycles. The number of carbonyl (C=O) groups is 2. The number of nitrogens with one attached hydrogen (secondary N) is 2. The molecule has 0 saturated heterocycles. The fraction of sp³-hybridized carbons (Fsp3) is 0.286. The third-order valence-corrected chi connectivity index (χ3v) is 6.74. The second kappa shape index (κ2) is 8.24. The van der Waals surface area contributed by atoms with Crippen LogP contribution in [-0.2, 0) is 17.8 Å². The molecule has 1 aliphatic rings. The second-order valence-corrected chi connectivity index (χ2v) is 9.01. The number of fused-ring (bicyclic) bond motifs is 1. The molecule has 1 atom stereocenters. The number of hydrogen-bond donors (Lipinski definition) is 2. The summed E-state index contributed by atoms with van der Waals surface area (Å²) in [5.74, 6) is -0.411. The van der Waals surface area contributed by atoms with E-state index in [4.69, 9.17) is 0 Å². The maximum Gasteiger partial charge on any atom is 0.257 e. The normalized spacial score (nSPS) is 15.7. The van der Waals surface area contributed by atoms with Crippen molar-refractivity contribution in [2.24, 2.45) is 0 Å². The van der Waals surface area contributed by atoms with E-state index < -0.39 is 0 Å². The molecular weight excluding hydrogens is 390 g/mol. The first-order chi connectivity index (χ1) is 13.6. The van der Waals surface area contributed by atoms with Crippen LogP contribution in [0.15, 0.2) is 41.8 Å². The second-order valence-electron chi connectivity index (χ2n) is 6.89. The number of carbonyl (C=O) groups excluding carboxylic acids is 2. The molecule has 0 spiro atoms. The third-order valence-electron chi connectivity index (χ3n) is 4.82. The number of rotatable bonds is 5. The summed E-state index contributed by atoms with van der Waals surface area (Å²) in [6.07, 6.45) is 2.65. The van der Waals surface area contributed by atoms with E-state index in [0.717, 1.165) is 40.3 Å². The molecule has 3 aromatic rings. The highest BCUT2D eigenvalue weighted by molar-refractivity contribution is 7.16. The topological polar surface area (TPSA) is 71.1 Å². The SMILES string of the molecule is Cc1ccc(C(=O)Nc2nc3c(s2)CCCC3C(=O)NCc2cccs2)cc1. The Kier molecular flexibility index (Phi) is 5.54. The molecule has 5 nitrogen and oxygen atoms in total. The van der Waals surface area contributed by atoms with Gasteiger partial charge in [0.25, 0.3) is 5.91 Å². The van der Waals surface area contributed by atoms with Gasteiger partial charge in [0.05, 0.1) is 18.2 Å². The van der Waals surface area contributed by atoms with Gasteiger partial charge in [0.1, 0.15) is 0 Å². The number of benzene rings is 1. The maximum absolute atomic E-state index is 12.7. The van der Waals surface area contributed by atoms with Gasteiger partial charge >= 0.3 is 0 Å². The standard InChI is InChI=1S/C21H21N3O2S2/c1-13-7-9-14(10-8-13)19(25)24-21-23-18-16(5-2-6-17(18)28-21)20(26)22-12-15-4-3-11-27-15/h3-4,7-11,16H,2,5-6,12H2,1H3,(H,22,26)(H,23,24,25). The molecule has 2 amide bonds. The maximum atomic E-state index is 12.7. The molecular formula is C21H21N3O2S2. The number of anilines is 1. The Morgan fingerprint density at radius 3 is 2.79 bits per heavy atom. The van der Waals surface area contributed by atoms with E-state index in [0.29, 0.717) is 17.2 Å². The smallest absolute Gasteiger partial charge is 0.257 e. The van der Waals surface area contributed by atoms with Crippen LogP contribution >= 0.6 is 22.7 Å². The van der Waals surface area contributed by atoms with Gasteiger partial charge in [0, 0.05) is 15.3 Å². The van der Waals surface area contributed by atoms with Crippen molar-refractivity contribution in [3.63, 3.8) is 0 Å². The molecule has 144 valence electrons. The van der Waals surface area contributed by atoms with Gasteiger partial charge in [0.15, 0.2) is 5.13 Å². The zero-order chi connectivity index (χ0) is 19.5. The summed E-state index contributed by atoms with van der Waals surface area (Å²) in [4.78, 5) is 32.0. The van der Waals surface area contributed by atoms with Gasteiger partial charge in [-0.25, -0.2) is 4.98 Å². The molecule has 1 aliphatic carbocycles. The van der Waals surface area contributed by atoms with Crippen LogP contribution in [0.1, 0.15) is 50.1 Å². The predicted octanol–water partition coefficient (Wildman–Crippen LogP) is 4.50. The number of nitrogens with zero attached hydrogens (tertiary/aromatic N) is 1. The largest absolute Gasteiger partial charge is 0.351 e. The predicted molar refractivity (Wildman–Crippen MR) is 113 cm³/mol. The zero-order valence-corrected chi connectivity index (χ0v) is 17.2. The van der Waals surface area contributed by atoms with Gasteiger partial charge in [-0.3, -0.25) is 14.9 Å². The molecule has 0 radical (unpaired) electrons. The Balaban J connectivity index is 1.46. The monoisotopic (exact) mass is 411 g/mol. The highest BCUT2D eigenvalue weighted by Crippen LogP contribution is 2.37. The minimum absolute atomic E-state index is 0.0102. The Hall–Kier alpha value is -2.51.